The van der Waals surface area contributed by atoms with Gasteiger partial charge in [0.1, 0.15) is 0 Å². The van der Waals surface area contributed by atoms with E-state index in [2.05, 4.69) is 205 Å². The van der Waals surface area contributed by atoms with Gasteiger partial charge in [-0.2, -0.15) is 0 Å². The van der Waals surface area contributed by atoms with Gasteiger partial charge in [-0.25, -0.2) is 4.79 Å². The number of amides is 2. The smallest absolute Gasteiger partial charge is 0.314 e. The number of carbonyl (C=O) groups is 1. The Labute approximate surface area is 443 Å². The van der Waals surface area contributed by atoms with Crippen molar-refractivity contribution < 1.29 is 13.6 Å². The van der Waals surface area contributed by atoms with Crippen molar-refractivity contribution >= 4 is 43.4 Å². The zero-order valence-electron chi connectivity index (χ0n) is 46.5. The monoisotopic (exact) mass is 1020 g/mol. The summed E-state index contributed by atoms with van der Waals surface area (Å²) in [5.41, 5.74) is 5.53. The molecular formula is C64H101N3O3Si2. The minimum absolute atomic E-state index is 0.0267. The van der Waals surface area contributed by atoms with E-state index < -0.39 is 16.6 Å². The minimum Gasteiger partial charge on any atom is -0.407 e. The van der Waals surface area contributed by atoms with Gasteiger partial charge in [-0.3, -0.25) is 0 Å². The molecule has 0 saturated carbocycles. The van der Waals surface area contributed by atoms with E-state index in [1.54, 1.807) is 0 Å². The lowest BCUT2D eigenvalue weighted by Crippen LogP contribution is -2.66. The zero-order chi connectivity index (χ0) is 52.1. The first-order chi connectivity index (χ1) is 34.9. The van der Waals surface area contributed by atoms with Gasteiger partial charge in [0.25, 0.3) is 16.6 Å². The van der Waals surface area contributed by atoms with E-state index in [4.69, 9.17) is 14.6 Å². The molecule has 0 aliphatic carbocycles. The number of hydrogen-bond acceptors (Lipinski definition) is 4. The van der Waals surface area contributed by atoms with Crippen LogP contribution in [0.25, 0.3) is 0 Å². The minimum atomic E-state index is -2.40. The third-order valence-corrected chi connectivity index (χ3v) is 23.9. The van der Waals surface area contributed by atoms with Gasteiger partial charge in [-0.15, -0.1) is 0 Å². The molecule has 0 radical (unpaired) electrons. The molecule has 0 fully saturated rings. The topological polar surface area (TPSA) is 85.6 Å². The van der Waals surface area contributed by atoms with Crippen LogP contribution in [0.4, 0.5) is 4.79 Å². The Hall–Kier alpha value is -4.06. The fourth-order valence-corrected chi connectivity index (χ4v) is 19.1. The SMILES string of the molecule is CC(C)(C)[Si](OCCCCCCC/C=C\CCCCN)(c1ccccc1)c1ccccc1.CCCCCNC(=O)NCCCC/C=C\CCCCCCCO[Si](c1ccccc1)(c1ccccc1)C(C)(C)C. The summed E-state index contributed by atoms with van der Waals surface area (Å²) in [6.07, 6.45) is 34.3. The number of nitrogens with two attached hydrogens (primary N) is 1. The van der Waals surface area contributed by atoms with Gasteiger partial charge < -0.3 is 25.2 Å². The molecule has 0 saturated heterocycles. The normalized spacial score (nSPS) is 12.3. The number of rotatable bonds is 35. The molecule has 0 atom stereocenters. The number of hydrogen-bond donors (Lipinski definition) is 3. The van der Waals surface area contributed by atoms with Crippen molar-refractivity contribution in [3.63, 3.8) is 0 Å². The van der Waals surface area contributed by atoms with Crippen LogP contribution in [0, 0.1) is 0 Å². The Balaban J connectivity index is 0.000000390. The molecule has 0 unspecified atom stereocenters. The van der Waals surface area contributed by atoms with Gasteiger partial charge in [0.05, 0.1) is 0 Å². The van der Waals surface area contributed by atoms with Crippen molar-refractivity contribution in [1.29, 1.82) is 0 Å². The maximum absolute atomic E-state index is 11.7. The molecular weight excluding hydrogens is 915 g/mol. The summed E-state index contributed by atoms with van der Waals surface area (Å²) >= 11 is 0. The molecule has 4 N–H and O–H groups in total. The highest BCUT2D eigenvalue weighted by atomic mass is 28.4. The Morgan fingerprint density at radius 3 is 1.04 bits per heavy atom. The second-order valence-electron chi connectivity index (χ2n) is 21.7. The third kappa shape index (κ3) is 22.6. The molecule has 4 rings (SSSR count). The quantitative estimate of drug-likeness (QED) is 0.0243. The Morgan fingerprint density at radius 2 is 0.722 bits per heavy atom. The van der Waals surface area contributed by atoms with Crippen LogP contribution in [-0.2, 0) is 8.85 Å². The average molecular weight is 1020 g/mol. The van der Waals surface area contributed by atoms with Crippen LogP contribution in [0.2, 0.25) is 10.1 Å². The van der Waals surface area contributed by atoms with Gasteiger partial charge in [0.15, 0.2) is 0 Å². The van der Waals surface area contributed by atoms with Crippen LogP contribution < -0.4 is 37.1 Å². The molecule has 4 aromatic rings. The number of carbonyl (C=O) groups excluding carboxylic acids is 1. The second-order valence-corrected chi connectivity index (χ2v) is 30.4. The van der Waals surface area contributed by atoms with Crippen LogP contribution in [-0.4, -0.2) is 55.5 Å². The Bertz CT molecular complexity index is 1900. The highest BCUT2D eigenvalue weighted by molar-refractivity contribution is 7.00. The van der Waals surface area contributed by atoms with Crippen molar-refractivity contribution in [3.05, 3.63) is 146 Å². The predicted molar refractivity (Wildman–Crippen MR) is 319 cm³/mol. The van der Waals surface area contributed by atoms with Crippen molar-refractivity contribution in [1.82, 2.24) is 10.6 Å². The molecule has 0 spiro atoms. The lowest BCUT2D eigenvalue weighted by Gasteiger charge is -2.43. The van der Waals surface area contributed by atoms with Crippen LogP contribution in [0.5, 0.6) is 0 Å². The standard InChI is InChI=1S/C35H56N2O2Si.C29H45NOSi/c1-5-6-22-29-36-34(38)37-30-23-14-12-10-8-7-9-11-13-15-24-31-39-40(35(2,3)4,32-25-18-16-19-26-32)33-27-20-17-21-28-33;1-29(2,3)32(27-21-15-13-16-22-27,28-23-17-14-18-24-28)31-26-20-12-10-8-6-4-5-7-9-11-19-25-30/h8,10,16-21,25-28H,5-7,9,11-15,22-24,29-31H2,1-4H3,(H2,36,37,38);5,7,13-18,21-24H,4,6,8-12,19-20,25-26,30H2,1-3H3/b10-8-;7-5-. The first kappa shape index (κ1) is 62.2. The average Bonchev–Trinajstić information content (AvgIpc) is 3.38. The molecule has 0 heterocycles. The van der Waals surface area contributed by atoms with E-state index in [9.17, 15) is 4.79 Å². The van der Waals surface area contributed by atoms with Crippen molar-refractivity contribution in [2.75, 3.05) is 32.8 Å². The zero-order valence-corrected chi connectivity index (χ0v) is 48.5. The number of benzene rings is 4. The fraction of sp³-hybridized carbons (Fsp3) is 0.547. The lowest BCUT2D eigenvalue weighted by molar-refractivity contribution is 0.240. The van der Waals surface area contributed by atoms with Crippen molar-refractivity contribution in [2.24, 2.45) is 5.73 Å². The van der Waals surface area contributed by atoms with Gasteiger partial charge in [0.2, 0.25) is 0 Å². The van der Waals surface area contributed by atoms with E-state index in [1.807, 2.05) is 0 Å². The largest absolute Gasteiger partial charge is 0.407 e. The van der Waals surface area contributed by atoms with Gasteiger partial charge in [-0.1, -0.05) is 245 Å². The number of allylic oxidation sites excluding steroid dienone is 4. The summed E-state index contributed by atoms with van der Waals surface area (Å²) in [4.78, 5) is 11.7. The third-order valence-electron chi connectivity index (χ3n) is 13.8. The van der Waals surface area contributed by atoms with E-state index in [-0.39, 0.29) is 16.1 Å². The maximum atomic E-state index is 11.7. The van der Waals surface area contributed by atoms with Crippen molar-refractivity contribution in [2.45, 2.75) is 193 Å². The van der Waals surface area contributed by atoms with Crippen LogP contribution in [0.15, 0.2) is 146 Å². The van der Waals surface area contributed by atoms with Gasteiger partial charge in [-0.05, 0) is 121 Å². The molecule has 2 amide bonds. The molecule has 0 bridgehead atoms. The molecule has 0 aromatic heterocycles. The summed E-state index contributed by atoms with van der Waals surface area (Å²) in [5.74, 6) is 0. The summed E-state index contributed by atoms with van der Waals surface area (Å²) in [7, 11) is -4.77. The summed E-state index contributed by atoms with van der Waals surface area (Å²) in [6, 6.07) is 43.8. The van der Waals surface area contributed by atoms with Crippen LogP contribution in [0.3, 0.4) is 0 Å². The molecule has 72 heavy (non-hydrogen) atoms. The van der Waals surface area contributed by atoms with E-state index in [0.29, 0.717) is 0 Å². The fourth-order valence-electron chi connectivity index (χ4n) is 9.87. The maximum Gasteiger partial charge on any atom is 0.314 e. The molecule has 6 nitrogen and oxygen atoms in total. The molecule has 0 aliphatic rings. The molecule has 0 aliphatic heterocycles. The van der Waals surface area contributed by atoms with E-state index in [1.165, 1.54) is 104 Å². The van der Waals surface area contributed by atoms with E-state index >= 15 is 0 Å². The van der Waals surface area contributed by atoms with Crippen LogP contribution in [0.1, 0.15) is 183 Å². The van der Waals surface area contributed by atoms with Gasteiger partial charge >= 0.3 is 6.03 Å². The molecule has 8 heteroatoms. The van der Waals surface area contributed by atoms with Crippen molar-refractivity contribution in [3.8, 4) is 0 Å². The highest BCUT2D eigenvalue weighted by Crippen LogP contribution is 2.38. The Kier molecular flexibility index (Phi) is 31.8. The first-order valence-electron chi connectivity index (χ1n) is 28.5. The second kappa shape index (κ2) is 36.8. The van der Waals surface area contributed by atoms with E-state index in [0.717, 1.165) is 84.2 Å². The lowest BCUT2D eigenvalue weighted by atomic mass is 10.1. The number of nitrogens with one attached hydrogen (secondary N) is 2. The summed E-state index contributed by atoms with van der Waals surface area (Å²) in [5, 5.41) is 11.4. The molecule has 398 valence electrons. The number of urea groups is 1. The molecule has 4 aromatic carbocycles. The van der Waals surface area contributed by atoms with Gasteiger partial charge in [0, 0.05) is 26.3 Å². The number of unbranched alkanes of at least 4 members (excludes halogenated alkanes) is 16. The highest BCUT2D eigenvalue weighted by Gasteiger charge is 2.51. The predicted octanol–water partition coefficient (Wildman–Crippen LogP) is 14.7. The summed E-state index contributed by atoms with van der Waals surface area (Å²) in [6.45, 7) is 20.3. The van der Waals surface area contributed by atoms with Crippen LogP contribution >= 0.6 is 0 Å². The first-order valence-corrected chi connectivity index (χ1v) is 32.3. The Morgan fingerprint density at radius 1 is 0.431 bits per heavy atom. The summed E-state index contributed by atoms with van der Waals surface area (Å²) < 4.78 is 14.0.